The van der Waals surface area contributed by atoms with Gasteiger partial charge < -0.3 is 5.32 Å². The second kappa shape index (κ2) is 10.2. The van der Waals surface area contributed by atoms with Crippen molar-refractivity contribution in [2.75, 3.05) is 37.7 Å². The first-order valence-corrected chi connectivity index (χ1v) is 14.9. The number of para-hydroxylation sites is 1. The van der Waals surface area contributed by atoms with Crippen molar-refractivity contribution in [3.05, 3.63) is 66.1 Å². The van der Waals surface area contributed by atoms with Gasteiger partial charge in [-0.3, -0.25) is 23.7 Å². The summed E-state index contributed by atoms with van der Waals surface area (Å²) < 4.78 is 21.9. The topological polar surface area (TPSA) is 99.3 Å². The summed E-state index contributed by atoms with van der Waals surface area (Å²) in [7, 11) is -2.37. The van der Waals surface area contributed by atoms with E-state index in [-0.39, 0.29) is 0 Å². The number of nitrogens with one attached hydrogen (secondary N) is 1. The molecule has 8 nitrogen and oxygen atoms in total. The smallest absolute Gasteiger partial charge is 0.0972 e. The number of aromatic nitrogens is 4. The third-order valence-electron chi connectivity index (χ3n) is 7.61. The van der Waals surface area contributed by atoms with Crippen LogP contribution in [0.2, 0.25) is 0 Å². The van der Waals surface area contributed by atoms with E-state index in [0.29, 0.717) is 17.5 Å². The summed E-state index contributed by atoms with van der Waals surface area (Å²) in [6, 6.07) is 13.2. The molecule has 2 aliphatic rings. The molecule has 0 unspecified atom stereocenters. The Bertz CT molecular complexity index is 1410. The van der Waals surface area contributed by atoms with Crippen LogP contribution in [-0.4, -0.2) is 71.4 Å². The summed E-state index contributed by atoms with van der Waals surface area (Å²) in [6.07, 6.45) is 8.03. The molecule has 2 fully saturated rings. The van der Waals surface area contributed by atoms with Gasteiger partial charge in [0, 0.05) is 37.0 Å². The van der Waals surface area contributed by atoms with Gasteiger partial charge in [0.1, 0.15) is 0 Å². The molecule has 9 heteroatoms. The Morgan fingerprint density at radius 3 is 2.62 bits per heavy atom. The van der Waals surface area contributed by atoms with Crippen molar-refractivity contribution in [3.8, 4) is 22.4 Å². The maximum absolute atomic E-state index is 9.90. The molecule has 37 heavy (non-hydrogen) atoms. The molecule has 0 saturated carbocycles. The number of fused-ring (bicyclic) bond motifs is 1. The number of hydrogen-bond acceptors (Lipinski definition) is 7. The van der Waals surface area contributed by atoms with E-state index in [1.54, 1.807) is 0 Å². The predicted octanol–water partition coefficient (Wildman–Crippen LogP) is 4.96. The van der Waals surface area contributed by atoms with Crippen LogP contribution in [0.4, 0.5) is 0 Å². The van der Waals surface area contributed by atoms with Gasteiger partial charge in [-0.25, -0.2) is 4.98 Å². The Morgan fingerprint density at radius 1 is 1.03 bits per heavy atom. The zero-order valence-electron chi connectivity index (χ0n) is 21.2. The highest BCUT2D eigenvalue weighted by Crippen LogP contribution is 2.40. The van der Waals surface area contributed by atoms with Crippen LogP contribution in [0.1, 0.15) is 30.0 Å². The van der Waals surface area contributed by atoms with Crippen molar-refractivity contribution in [2.24, 2.45) is 0 Å². The first-order chi connectivity index (χ1) is 17.9. The molecule has 0 radical (unpaired) electrons. The third kappa shape index (κ3) is 5.28. The van der Waals surface area contributed by atoms with Gasteiger partial charge in [0.05, 0.1) is 46.7 Å². The lowest BCUT2D eigenvalue weighted by molar-refractivity contribution is 0.278. The van der Waals surface area contributed by atoms with E-state index in [4.69, 9.17) is 9.97 Å². The average molecular weight is 519 g/mol. The highest BCUT2D eigenvalue weighted by Gasteiger charge is 2.22. The number of nitrogens with zero attached hydrogens (tertiary/aromatic N) is 5. The molecule has 2 aliphatic heterocycles. The second-order valence-electron chi connectivity index (χ2n) is 10.3. The summed E-state index contributed by atoms with van der Waals surface area (Å²) in [4.78, 5) is 12.1. The maximum atomic E-state index is 9.90. The molecule has 4 heterocycles. The fourth-order valence-electron chi connectivity index (χ4n) is 5.44. The number of aryl methyl sites for hydroxylation is 1. The lowest BCUT2D eigenvalue weighted by Crippen LogP contribution is -2.37. The Balaban J connectivity index is 1.27. The summed E-state index contributed by atoms with van der Waals surface area (Å²) in [5, 5.41) is 8.06. The van der Waals surface area contributed by atoms with Crippen LogP contribution in [0.3, 0.4) is 0 Å². The molecular weight excluding hydrogens is 484 g/mol. The molecule has 6 rings (SSSR count). The van der Waals surface area contributed by atoms with E-state index in [1.807, 2.05) is 24.5 Å². The van der Waals surface area contributed by atoms with Crippen molar-refractivity contribution in [3.63, 3.8) is 0 Å². The van der Waals surface area contributed by atoms with Crippen LogP contribution in [0.5, 0.6) is 0 Å². The highest BCUT2D eigenvalue weighted by molar-refractivity contribution is 8.24. The van der Waals surface area contributed by atoms with E-state index < -0.39 is 10.6 Å². The largest absolute Gasteiger partial charge is 0.317 e. The quantitative estimate of drug-likeness (QED) is 0.343. The molecule has 0 spiro atoms. The van der Waals surface area contributed by atoms with Gasteiger partial charge in [0.25, 0.3) is 0 Å². The standard InChI is InChI=1S/C28H34N6O2S/c1-20-15-21(18-33-11-13-37(35,36)14-12-33)5-6-24(20)25-3-2-4-26-28(25)32-27(17-30-26)22-16-31-34(19-22)23-7-9-29-10-8-23/h2-6,15-17,19,23,29,35-36H,7-14,18H2,1H3. The van der Waals surface area contributed by atoms with Gasteiger partial charge in [-0.2, -0.15) is 15.7 Å². The zero-order chi connectivity index (χ0) is 25.4. The Kier molecular flexibility index (Phi) is 6.73. The van der Waals surface area contributed by atoms with Gasteiger partial charge in [-0.1, -0.05) is 30.3 Å². The fourth-order valence-corrected chi connectivity index (χ4v) is 6.74. The van der Waals surface area contributed by atoms with Crippen LogP contribution in [0, 0.1) is 6.92 Å². The number of piperidine rings is 1. The minimum atomic E-state index is -2.37. The monoisotopic (exact) mass is 518 g/mol. The minimum Gasteiger partial charge on any atom is -0.317 e. The van der Waals surface area contributed by atoms with Gasteiger partial charge in [0.15, 0.2) is 0 Å². The first-order valence-electron chi connectivity index (χ1n) is 13.0. The SMILES string of the molecule is Cc1cc(CN2CCS(O)(O)CC2)ccc1-c1cccc2ncc(-c3cnn(C4CCNCC4)c3)nc12. The van der Waals surface area contributed by atoms with E-state index in [2.05, 4.69) is 57.4 Å². The average Bonchev–Trinajstić information content (AvgIpc) is 3.41. The van der Waals surface area contributed by atoms with Crippen molar-refractivity contribution in [2.45, 2.75) is 32.4 Å². The van der Waals surface area contributed by atoms with Gasteiger partial charge in [0.2, 0.25) is 0 Å². The lowest BCUT2D eigenvalue weighted by Gasteiger charge is -2.41. The van der Waals surface area contributed by atoms with Gasteiger partial charge in [-0.05, 0) is 55.6 Å². The maximum Gasteiger partial charge on any atom is 0.0972 e. The van der Waals surface area contributed by atoms with E-state index in [9.17, 15) is 9.11 Å². The van der Waals surface area contributed by atoms with Crippen molar-refractivity contribution < 1.29 is 9.11 Å². The summed E-state index contributed by atoms with van der Waals surface area (Å²) >= 11 is 0. The fraction of sp³-hybridized carbons (Fsp3) is 0.393. The zero-order valence-corrected chi connectivity index (χ0v) is 22.0. The van der Waals surface area contributed by atoms with Gasteiger partial charge in [-0.15, -0.1) is 0 Å². The summed E-state index contributed by atoms with van der Waals surface area (Å²) in [6.45, 7) is 6.46. The Morgan fingerprint density at radius 2 is 1.84 bits per heavy atom. The summed E-state index contributed by atoms with van der Waals surface area (Å²) in [5.41, 5.74) is 8.26. The summed E-state index contributed by atoms with van der Waals surface area (Å²) in [5.74, 6) is 0.940. The van der Waals surface area contributed by atoms with Crippen LogP contribution >= 0.6 is 10.6 Å². The molecule has 2 saturated heterocycles. The minimum absolute atomic E-state index is 0.432. The second-order valence-corrected chi connectivity index (χ2v) is 12.7. The lowest BCUT2D eigenvalue weighted by atomic mass is 9.97. The molecule has 194 valence electrons. The van der Waals surface area contributed by atoms with E-state index in [1.165, 1.54) is 11.1 Å². The predicted molar refractivity (Wildman–Crippen MR) is 150 cm³/mol. The highest BCUT2D eigenvalue weighted by atomic mass is 32.3. The third-order valence-corrected chi connectivity index (χ3v) is 9.28. The van der Waals surface area contributed by atoms with Crippen LogP contribution in [0.15, 0.2) is 55.0 Å². The van der Waals surface area contributed by atoms with Crippen molar-refractivity contribution in [1.82, 2.24) is 30.0 Å². The molecular formula is C28H34N6O2S. The molecule has 2 aromatic carbocycles. The molecule has 0 bridgehead atoms. The first kappa shape index (κ1) is 24.5. The number of rotatable bonds is 5. The van der Waals surface area contributed by atoms with E-state index in [0.717, 1.165) is 79.0 Å². The normalized spacial score (nSPS) is 19.8. The molecule has 2 aromatic heterocycles. The Labute approximate surface area is 219 Å². The molecule has 0 amide bonds. The number of benzene rings is 2. The van der Waals surface area contributed by atoms with Crippen LogP contribution in [-0.2, 0) is 6.54 Å². The molecule has 0 atom stereocenters. The van der Waals surface area contributed by atoms with Crippen molar-refractivity contribution in [1.29, 1.82) is 0 Å². The number of hydrogen-bond donors (Lipinski definition) is 3. The van der Waals surface area contributed by atoms with Crippen LogP contribution in [0.25, 0.3) is 33.4 Å². The van der Waals surface area contributed by atoms with Crippen LogP contribution < -0.4 is 5.32 Å². The Hall–Kier alpha value is -2.82. The molecule has 4 aromatic rings. The molecule has 0 aliphatic carbocycles. The van der Waals surface area contributed by atoms with Gasteiger partial charge >= 0.3 is 0 Å². The van der Waals surface area contributed by atoms with Crippen molar-refractivity contribution >= 4 is 21.6 Å². The molecule has 3 N–H and O–H groups in total. The van der Waals surface area contributed by atoms with E-state index >= 15 is 0 Å².